The normalized spacial score (nSPS) is 11.3. The molecule has 0 saturated heterocycles. The van der Waals surface area contributed by atoms with Crippen LogP contribution in [0.1, 0.15) is 38.2 Å². The molecule has 7 nitrogen and oxygen atoms in total. The summed E-state index contributed by atoms with van der Waals surface area (Å²) in [5, 5.41) is 3.35. The lowest BCUT2D eigenvalue weighted by Gasteiger charge is -2.07. The van der Waals surface area contributed by atoms with E-state index in [0.29, 0.717) is 30.0 Å². The number of rotatable bonds is 9. The second-order valence-electron chi connectivity index (χ2n) is 7.24. The van der Waals surface area contributed by atoms with Crippen molar-refractivity contribution >= 4 is 23.0 Å². The fraction of sp³-hybridized carbons (Fsp3) is 0.304. The zero-order valence-corrected chi connectivity index (χ0v) is 17.2. The lowest BCUT2D eigenvalue weighted by Crippen LogP contribution is -2.23. The maximum Gasteiger partial charge on any atom is 0.265 e. The molecule has 7 heteroatoms. The van der Waals surface area contributed by atoms with Crippen molar-refractivity contribution in [2.75, 3.05) is 13.2 Å². The summed E-state index contributed by atoms with van der Waals surface area (Å²) >= 11 is 0. The molecule has 3 rings (SSSR count). The van der Waals surface area contributed by atoms with Crippen LogP contribution < -0.4 is 15.6 Å². The van der Waals surface area contributed by atoms with Gasteiger partial charge in [0.1, 0.15) is 12.1 Å². The molecule has 2 heterocycles. The third-order valence-corrected chi connectivity index (χ3v) is 4.63. The Morgan fingerprint density at radius 1 is 1.27 bits per heavy atom. The average Bonchev–Trinajstić information content (AvgIpc) is 2.76. The molecule has 30 heavy (non-hydrogen) atoms. The standard InChI is InChI=1S/C23H26N4O3/c1-17(2)18-7-8-21-20(14-18)23(29)27(16-26-21)12-9-22(28)25-11-3-4-13-30-19-6-5-10-24-15-19/h5-10,12,14-17H,3-4,11,13H2,1-2H3,(H,25,28). The summed E-state index contributed by atoms with van der Waals surface area (Å²) in [6.07, 6.45) is 9.17. The molecule has 0 aliphatic heterocycles. The first-order chi connectivity index (χ1) is 14.5. The van der Waals surface area contributed by atoms with Crippen molar-refractivity contribution in [3.05, 3.63) is 71.0 Å². The van der Waals surface area contributed by atoms with E-state index in [-0.39, 0.29) is 11.5 Å². The van der Waals surface area contributed by atoms with Crippen molar-refractivity contribution in [1.82, 2.24) is 19.9 Å². The summed E-state index contributed by atoms with van der Waals surface area (Å²) in [7, 11) is 0. The number of nitrogens with zero attached hydrogens (tertiary/aromatic N) is 3. The quantitative estimate of drug-likeness (QED) is 0.435. The molecule has 0 fully saturated rings. The lowest BCUT2D eigenvalue weighted by molar-refractivity contribution is -0.116. The number of ether oxygens (including phenoxy) is 1. The summed E-state index contributed by atoms with van der Waals surface area (Å²) in [6, 6.07) is 9.38. The van der Waals surface area contributed by atoms with Crippen LogP contribution in [-0.2, 0) is 4.79 Å². The van der Waals surface area contributed by atoms with E-state index in [1.807, 2.05) is 30.3 Å². The molecule has 0 spiro atoms. The molecular formula is C23H26N4O3. The minimum Gasteiger partial charge on any atom is -0.492 e. The van der Waals surface area contributed by atoms with Gasteiger partial charge in [0.05, 0.1) is 23.7 Å². The molecule has 156 valence electrons. The summed E-state index contributed by atoms with van der Waals surface area (Å²) < 4.78 is 6.88. The van der Waals surface area contributed by atoms with Crippen molar-refractivity contribution < 1.29 is 9.53 Å². The number of hydrogen-bond acceptors (Lipinski definition) is 5. The number of unbranched alkanes of at least 4 members (excludes halogenated alkanes) is 1. The number of amides is 1. The van der Waals surface area contributed by atoms with Crippen LogP contribution in [-0.4, -0.2) is 33.6 Å². The minimum atomic E-state index is -0.258. The molecule has 0 atom stereocenters. The summed E-state index contributed by atoms with van der Waals surface area (Å²) in [6.45, 7) is 5.24. The first-order valence-corrected chi connectivity index (χ1v) is 10.0. The van der Waals surface area contributed by atoms with Gasteiger partial charge in [0.15, 0.2) is 0 Å². The van der Waals surface area contributed by atoms with Crippen molar-refractivity contribution in [2.24, 2.45) is 0 Å². The smallest absolute Gasteiger partial charge is 0.265 e. The highest BCUT2D eigenvalue weighted by molar-refractivity contribution is 5.90. The van der Waals surface area contributed by atoms with Crippen LogP contribution in [0.2, 0.25) is 0 Å². The number of carbonyl (C=O) groups excluding carboxylic acids is 1. The summed E-state index contributed by atoms with van der Waals surface area (Å²) in [5.41, 5.74) is 1.53. The van der Waals surface area contributed by atoms with Gasteiger partial charge in [-0.25, -0.2) is 4.98 Å². The summed E-state index contributed by atoms with van der Waals surface area (Å²) in [4.78, 5) is 33.0. The average molecular weight is 406 g/mol. The molecule has 2 aromatic heterocycles. The van der Waals surface area contributed by atoms with Crippen molar-refractivity contribution in [2.45, 2.75) is 32.6 Å². The highest BCUT2D eigenvalue weighted by atomic mass is 16.5. The molecule has 0 aliphatic rings. The first-order valence-electron chi connectivity index (χ1n) is 10.0. The van der Waals surface area contributed by atoms with E-state index < -0.39 is 0 Å². The molecule has 0 saturated carbocycles. The monoisotopic (exact) mass is 406 g/mol. The van der Waals surface area contributed by atoms with Crippen molar-refractivity contribution in [3.8, 4) is 5.75 Å². The van der Waals surface area contributed by atoms with Gasteiger partial charge < -0.3 is 10.1 Å². The number of benzene rings is 1. The molecule has 1 amide bonds. The Balaban J connectivity index is 1.49. The van der Waals surface area contributed by atoms with E-state index in [1.54, 1.807) is 12.4 Å². The molecular weight excluding hydrogens is 380 g/mol. The largest absolute Gasteiger partial charge is 0.492 e. The van der Waals surface area contributed by atoms with Gasteiger partial charge in [-0.3, -0.25) is 19.1 Å². The number of aromatic nitrogens is 3. The highest BCUT2D eigenvalue weighted by Crippen LogP contribution is 2.17. The Labute approximate surface area is 175 Å². The number of pyridine rings is 1. The van der Waals surface area contributed by atoms with Crippen LogP contribution in [0.25, 0.3) is 17.1 Å². The Bertz CT molecular complexity index is 1070. The lowest BCUT2D eigenvalue weighted by atomic mass is 10.0. The van der Waals surface area contributed by atoms with E-state index in [1.165, 1.54) is 23.2 Å². The third-order valence-electron chi connectivity index (χ3n) is 4.63. The Hall–Kier alpha value is -3.48. The van der Waals surface area contributed by atoms with Gasteiger partial charge in [-0.1, -0.05) is 19.9 Å². The van der Waals surface area contributed by atoms with Gasteiger partial charge in [0.2, 0.25) is 5.91 Å². The van der Waals surface area contributed by atoms with Crippen LogP contribution >= 0.6 is 0 Å². The van der Waals surface area contributed by atoms with Gasteiger partial charge >= 0.3 is 0 Å². The molecule has 1 aromatic carbocycles. The zero-order valence-electron chi connectivity index (χ0n) is 17.2. The van der Waals surface area contributed by atoms with E-state index >= 15 is 0 Å². The Morgan fingerprint density at radius 2 is 2.13 bits per heavy atom. The van der Waals surface area contributed by atoms with Gasteiger partial charge in [-0.15, -0.1) is 0 Å². The maximum absolute atomic E-state index is 12.7. The Kier molecular flexibility index (Phi) is 7.32. The van der Waals surface area contributed by atoms with Crippen LogP contribution in [0.5, 0.6) is 5.75 Å². The van der Waals surface area contributed by atoms with E-state index in [0.717, 1.165) is 24.2 Å². The minimum absolute atomic E-state index is 0.195. The summed E-state index contributed by atoms with van der Waals surface area (Å²) in [5.74, 6) is 0.795. The van der Waals surface area contributed by atoms with Crippen molar-refractivity contribution in [1.29, 1.82) is 0 Å². The predicted octanol–water partition coefficient (Wildman–Crippen LogP) is 3.36. The fourth-order valence-electron chi connectivity index (χ4n) is 2.89. The maximum atomic E-state index is 12.7. The molecule has 0 aliphatic carbocycles. The molecule has 0 bridgehead atoms. The SMILES string of the molecule is CC(C)c1ccc2ncn(C=CC(=O)NCCCCOc3cccnc3)c(=O)c2c1. The molecule has 0 radical (unpaired) electrons. The van der Waals surface area contributed by atoms with Crippen LogP contribution in [0, 0.1) is 0 Å². The van der Waals surface area contributed by atoms with Gasteiger partial charge in [-0.2, -0.15) is 0 Å². The fourth-order valence-corrected chi connectivity index (χ4v) is 2.89. The van der Waals surface area contributed by atoms with Crippen LogP contribution in [0.15, 0.2) is 59.9 Å². The van der Waals surface area contributed by atoms with Crippen LogP contribution in [0.4, 0.5) is 0 Å². The van der Waals surface area contributed by atoms with Gasteiger partial charge in [-0.05, 0) is 48.6 Å². The van der Waals surface area contributed by atoms with E-state index in [2.05, 4.69) is 29.1 Å². The second kappa shape index (κ2) is 10.3. The highest BCUT2D eigenvalue weighted by Gasteiger charge is 2.06. The van der Waals surface area contributed by atoms with Crippen molar-refractivity contribution in [3.63, 3.8) is 0 Å². The zero-order chi connectivity index (χ0) is 21.3. The molecule has 3 aromatic rings. The topological polar surface area (TPSA) is 86.1 Å². The number of fused-ring (bicyclic) bond motifs is 1. The molecule has 1 N–H and O–H groups in total. The Morgan fingerprint density at radius 3 is 2.90 bits per heavy atom. The number of nitrogens with one attached hydrogen (secondary N) is 1. The van der Waals surface area contributed by atoms with Crippen LogP contribution in [0.3, 0.4) is 0 Å². The first kappa shape index (κ1) is 21.2. The predicted molar refractivity (Wildman–Crippen MR) is 117 cm³/mol. The number of carbonyl (C=O) groups is 1. The van der Waals surface area contributed by atoms with E-state index in [4.69, 9.17) is 4.74 Å². The third kappa shape index (κ3) is 5.76. The molecule has 0 unspecified atom stereocenters. The van der Waals surface area contributed by atoms with E-state index in [9.17, 15) is 9.59 Å². The second-order valence-corrected chi connectivity index (χ2v) is 7.24. The number of hydrogen-bond donors (Lipinski definition) is 1. The van der Waals surface area contributed by atoms with Gasteiger partial charge in [0.25, 0.3) is 5.56 Å². The van der Waals surface area contributed by atoms with Gasteiger partial charge in [0, 0.05) is 25.0 Å².